The highest BCUT2D eigenvalue weighted by Gasteiger charge is 2.11. The number of fused-ring (bicyclic) bond motifs is 1. The minimum atomic E-state index is 0.664. The van der Waals surface area contributed by atoms with E-state index in [1.165, 1.54) is 0 Å². The Labute approximate surface area is 88.3 Å². The van der Waals surface area contributed by atoms with E-state index in [4.69, 9.17) is 5.73 Å². The predicted octanol–water partition coefficient (Wildman–Crippen LogP) is 1.39. The molecule has 2 aromatic rings. The third kappa shape index (κ3) is 1.60. The lowest BCUT2D eigenvalue weighted by Crippen LogP contribution is -2.22. The van der Waals surface area contributed by atoms with Gasteiger partial charge in [-0.15, -0.1) is 0 Å². The van der Waals surface area contributed by atoms with Crippen LogP contribution in [0.1, 0.15) is 13.8 Å². The molecular formula is C10H15N5. The number of aromatic nitrogens is 3. The Hall–Kier alpha value is -1.78. The third-order valence-corrected chi connectivity index (χ3v) is 2.48. The molecule has 0 saturated carbocycles. The number of nitrogen functional groups attached to an aromatic ring is 1. The fourth-order valence-electron chi connectivity index (χ4n) is 1.67. The molecule has 0 radical (unpaired) electrons. The second kappa shape index (κ2) is 3.76. The maximum atomic E-state index is 5.71. The average Bonchev–Trinajstić information content (AvgIpc) is 2.64. The minimum Gasteiger partial charge on any atom is -0.397 e. The Morgan fingerprint density at radius 1 is 1.40 bits per heavy atom. The molecule has 0 aliphatic carbocycles. The Morgan fingerprint density at radius 3 is 2.80 bits per heavy atom. The summed E-state index contributed by atoms with van der Waals surface area (Å²) in [6, 6.07) is 1.90. The molecule has 0 saturated heterocycles. The Bertz CT molecular complexity index is 458. The van der Waals surface area contributed by atoms with Crippen LogP contribution in [0, 0.1) is 0 Å². The highest BCUT2D eigenvalue weighted by atomic mass is 15.3. The van der Waals surface area contributed by atoms with E-state index >= 15 is 0 Å². The topological polar surface area (TPSA) is 70.8 Å². The molecule has 0 unspecified atom stereocenters. The lowest BCUT2D eigenvalue weighted by molar-refractivity contribution is 0.842. The zero-order valence-electron chi connectivity index (χ0n) is 8.99. The van der Waals surface area contributed by atoms with E-state index in [0.717, 1.165) is 29.9 Å². The molecule has 0 fully saturated rings. The molecule has 0 aromatic carbocycles. The molecule has 0 spiro atoms. The van der Waals surface area contributed by atoms with Crippen LogP contribution in [0.5, 0.6) is 0 Å². The van der Waals surface area contributed by atoms with Gasteiger partial charge in [-0.25, -0.2) is 4.98 Å². The zero-order chi connectivity index (χ0) is 10.8. The van der Waals surface area contributed by atoms with Crippen LogP contribution >= 0.6 is 0 Å². The number of hydrogen-bond donors (Lipinski definition) is 2. The molecule has 80 valence electrons. The van der Waals surface area contributed by atoms with Crippen LogP contribution < -0.4 is 10.6 Å². The highest BCUT2D eigenvalue weighted by molar-refractivity contribution is 5.89. The largest absolute Gasteiger partial charge is 0.397 e. The molecule has 0 atom stereocenters. The second-order valence-corrected chi connectivity index (χ2v) is 3.38. The van der Waals surface area contributed by atoms with Gasteiger partial charge in [0, 0.05) is 13.1 Å². The molecular weight excluding hydrogens is 190 g/mol. The lowest BCUT2D eigenvalue weighted by Gasteiger charge is -2.17. The Balaban J connectivity index is 2.55. The van der Waals surface area contributed by atoms with Gasteiger partial charge in [0.05, 0.1) is 17.3 Å². The van der Waals surface area contributed by atoms with Crippen LogP contribution in [0.2, 0.25) is 0 Å². The van der Waals surface area contributed by atoms with Crippen molar-refractivity contribution in [1.29, 1.82) is 0 Å². The van der Waals surface area contributed by atoms with Gasteiger partial charge in [-0.2, -0.15) is 5.10 Å². The van der Waals surface area contributed by atoms with E-state index in [1.54, 1.807) is 6.20 Å². The van der Waals surface area contributed by atoms with E-state index in [1.807, 2.05) is 6.07 Å². The van der Waals surface area contributed by atoms with Gasteiger partial charge in [0.1, 0.15) is 0 Å². The normalized spacial score (nSPS) is 10.8. The van der Waals surface area contributed by atoms with Crippen LogP contribution in [-0.4, -0.2) is 28.3 Å². The van der Waals surface area contributed by atoms with Gasteiger partial charge >= 0.3 is 0 Å². The first-order valence-corrected chi connectivity index (χ1v) is 5.10. The number of H-pyrrole nitrogens is 1. The van der Waals surface area contributed by atoms with E-state index in [0.29, 0.717) is 5.69 Å². The molecule has 15 heavy (non-hydrogen) atoms. The number of hydrogen-bond acceptors (Lipinski definition) is 4. The summed E-state index contributed by atoms with van der Waals surface area (Å²) in [5.41, 5.74) is 7.16. The van der Waals surface area contributed by atoms with E-state index < -0.39 is 0 Å². The summed E-state index contributed by atoms with van der Waals surface area (Å²) in [5, 5.41) is 8.15. The molecule has 2 rings (SSSR count). The van der Waals surface area contributed by atoms with Gasteiger partial charge in [-0.1, -0.05) is 0 Å². The van der Waals surface area contributed by atoms with E-state index in [2.05, 4.69) is 33.9 Å². The van der Waals surface area contributed by atoms with Crippen molar-refractivity contribution >= 4 is 22.5 Å². The fourth-order valence-corrected chi connectivity index (χ4v) is 1.67. The van der Waals surface area contributed by atoms with Gasteiger partial charge < -0.3 is 10.6 Å². The lowest BCUT2D eigenvalue weighted by atomic mass is 10.3. The quantitative estimate of drug-likeness (QED) is 0.794. The highest BCUT2D eigenvalue weighted by Crippen LogP contribution is 2.23. The van der Waals surface area contributed by atoms with Crippen molar-refractivity contribution in [2.24, 2.45) is 0 Å². The fraction of sp³-hybridized carbons (Fsp3) is 0.400. The van der Waals surface area contributed by atoms with Gasteiger partial charge in [0.2, 0.25) is 0 Å². The number of nitrogens with one attached hydrogen (secondary N) is 1. The monoisotopic (exact) mass is 205 g/mol. The molecule has 2 aromatic heterocycles. The number of aromatic amines is 1. The van der Waals surface area contributed by atoms with Crippen LogP contribution in [0.4, 0.5) is 11.5 Å². The maximum Gasteiger partial charge on any atom is 0.160 e. The minimum absolute atomic E-state index is 0.664. The summed E-state index contributed by atoms with van der Waals surface area (Å²) in [6.45, 7) is 6.05. The summed E-state index contributed by atoms with van der Waals surface area (Å²) in [4.78, 5) is 6.35. The summed E-state index contributed by atoms with van der Waals surface area (Å²) < 4.78 is 0. The number of nitrogens with two attached hydrogens (primary N) is 1. The Morgan fingerprint density at radius 2 is 2.13 bits per heavy atom. The number of anilines is 2. The molecule has 5 nitrogen and oxygen atoms in total. The summed E-state index contributed by atoms with van der Waals surface area (Å²) in [5.74, 6) is 0.926. The van der Waals surface area contributed by atoms with Crippen molar-refractivity contribution < 1.29 is 0 Å². The van der Waals surface area contributed by atoms with Crippen LogP contribution in [0.3, 0.4) is 0 Å². The predicted molar refractivity (Wildman–Crippen MR) is 61.9 cm³/mol. The molecule has 0 bridgehead atoms. The van der Waals surface area contributed by atoms with E-state index in [9.17, 15) is 0 Å². The Kier molecular flexibility index (Phi) is 2.45. The van der Waals surface area contributed by atoms with E-state index in [-0.39, 0.29) is 0 Å². The van der Waals surface area contributed by atoms with Crippen LogP contribution in [0.15, 0.2) is 12.3 Å². The number of rotatable bonds is 3. The SMILES string of the molecule is CCN(CC)c1n[nH]c2ncc(N)cc12. The molecule has 3 N–H and O–H groups in total. The van der Waals surface area contributed by atoms with Crippen molar-refractivity contribution in [3.05, 3.63) is 12.3 Å². The molecule has 2 heterocycles. The molecule has 0 amide bonds. The third-order valence-electron chi connectivity index (χ3n) is 2.48. The summed E-state index contributed by atoms with van der Waals surface area (Å²) >= 11 is 0. The van der Waals surface area contributed by atoms with Crippen LogP contribution in [-0.2, 0) is 0 Å². The maximum absolute atomic E-state index is 5.71. The number of nitrogens with zero attached hydrogens (tertiary/aromatic N) is 3. The molecule has 0 aliphatic heterocycles. The smallest absolute Gasteiger partial charge is 0.160 e. The van der Waals surface area contributed by atoms with Crippen molar-refractivity contribution in [2.45, 2.75) is 13.8 Å². The summed E-state index contributed by atoms with van der Waals surface area (Å²) in [7, 11) is 0. The van der Waals surface area contributed by atoms with Gasteiger partial charge in [0.25, 0.3) is 0 Å². The van der Waals surface area contributed by atoms with Gasteiger partial charge in [-0.05, 0) is 19.9 Å². The first kappa shape index (κ1) is 9.76. The molecule has 5 heteroatoms. The van der Waals surface area contributed by atoms with Crippen LogP contribution in [0.25, 0.3) is 11.0 Å². The van der Waals surface area contributed by atoms with Gasteiger partial charge in [-0.3, -0.25) is 5.10 Å². The van der Waals surface area contributed by atoms with Crippen molar-refractivity contribution in [2.75, 3.05) is 23.7 Å². The molecule has 0 aliphatic rings. The van der Waals surface area contributed by atoms with Crippen molar-refractivity contribution in [1.82, 2.24) is 15.2 Å². The average molecular weight is 205 g/mol. The van der Waals surface area contributed by atoms with Gasteiger partial charge in [0.15, 0.2) is 11.5 Å². The first-order valence-electron chi connectivity index (χ1n) is 5.10. The van der Waals surface area contributed by atoms with Crippen molar-refractivity contribution in [3.63, 3.8) is 0 Å². The second-order valence-electron chi connectivity index (χ2n) is 3.38. The summed E-state index contributed by atoms with van der Waals surface area (Å²) in [6.07, 6.45) is 1.63. The van der Waals surface area contributed by atoms with Crippen molar-refractivity contribution in [3.8, 4) is 0 Å². The first-order chi connectivity index (χ1) is 7.26. The zero-order valence-corrected chi connectivity index (χ0v) is 8.99. The standard InChI is InChI=1S/C10H15N5/c1-3-15(4-2)10-8-5-7(11)6-12-9(8)13-14-10/h5-6H,3-4,11H2,1-2H3,(H,12,13,14). The number of pyridine rings is 1.